The van der Waals surface area contributed by atoms with E-state index < -0.39 is 0 Å². The van der Waals surface area contributed by atoms with Crippen molar-refractivity contribution in [2.24, 2.45) is 0 Å². The van der Waals surface area contributed by atoms with E-state index in [2.05, 4.69) is 15.5 Å². The fraction of sp³-hybridized carbons (Fsp3) is 0.308. The molecule has 0 saturated heterocycles. The van der Waals surface area contributed by atoms with E-state index in [9.17, 15) is 0 Å². The minimum atomic E-state index is 0.508. The smallest absolute Gasteiger partial charge is 0.177 e. The number of thiophene rings is 1. The molecule has 3 aromatic rings. The number of hydrogen-bond acceptors (Lipinski definition) is 6. The summed E-state index contributed by atoms with van der Waals surface area (Å²) in [6.45, 7) is 0.547. The van der Waals surface area contributed by atoms with Crippen LogP contribution in [0.3, 0.4) is 0 Å². The lowest BCUT2D eigenvalue weighted by Crippen LogP contribution is -2.06. The minimum Gasteiger partial charge on any atom is -0.381 e. The SMILES string of the molecule is Nc1nnn(Cc2cc(-c3cccs3)on2)c1C1CC1. The summed E-state index contributed by atoms with van der Waals surface area (Å²) in [5.41, 5.74) is 7.75. The molecule has 0 unspecified atom stereocenters. The largest absolute Gasteiger partial charge is 0.381 e. The second-order valence-electron chi connectivity index (χ2n) is 4.95. The van der Waals surface area contributed by atoms with Gasteiger partial charge in [0.15, 0.2) is 11.6 Å². The van der Waals surface area contributed by atoms with Gasteiger partial charge in [0.25, 0.3) is 0 Å². The van der Waals surface area contributed by atoms with Gasteiger partial charge in [-0.15, -0.1) is 16.4 Å². The third kappa shape index (κ3) is 2.00. The van der Waals surface area contributed by atoms with Crippen molar-refractivity contribution in [1.82, 2.24) is 20.2 Å². The molecule has 0 aromatic carbocycles. The van der Waals surface area contributed by atoms with Crippen LogP contribution >= 0.6 is 11.3 Å². The lowest BCUT2D eigenvalue weighted by atomic mass is 10.2. The Labute approximate surface area is 119 Å². The average Bonchev–Trinajstić information content (AvgIpc) is 2.88. The van der Waals surface area contributed by atoms with Crippen LogP contribution in [0, 0.1) is 0 Å². The zero-order chi connectivity index (χ0) is 13.5. The molecule has 0 amide bonds. The van der Waals surface area contributed by atoms with Crippen LogP contribution in [-0.4, -0.2) is 20.2 Å². The zero-order valence-corrected chi connectivity index (χ0v) is 11.5. The fourth-order valence-electron chi connectivity index (χ4n) is 2.30. The van der Waals surface area contributed by atoms with Gasteiger partial charge in [0.1, 0.15) is 5.69 Å². The predicted octanol–water partition coefficient (Wildman–Crippen LogP) is 2.50. The lowest BCUT2D eigenvalue weighted by molar-refractivity contribution is 0.418. The maximum atomic E-state index is 5.88. The molecule has 1 aliphatic carbocycles. The number of hydrogen-bond donors (Lipinski definition) is 1. The first kappa shape index (κ1) is 11.7. The Bertz CT molecular complexity index is 726. The van der Waals surface area contributed by atoms with Crippen molar-refractivity contribution in [3.63, 3.8) is 0 Å². The highest BCUT2D eigenvalue weighted by atomic mass is 32.1. The standard InChI is InChI=1S/C13H13N5OS/c14-13-12(8-3-4-8)18(17-15-13)7-9-6-10(19-16-9)11-2-1-5-20-11/h1-2,5-6,8H,3-4,7,14H2. The topological polar surface area (TPSA) is 82.8 Å². The number of nitrogens with zero attached hydrogens (tertiary/aromatic N) is 4. The summed E-state index contributed by atoms with van der Waals surface area (Å²) < 4.78 is 7.21. The number of anilines is 1. The first-order valence-corrected chi connectivity index (χ1v) is 7.37. The maximum absolute atomic E-state index is 5.88. The number of aromatic nitrogens is 4. The third-order valence-electron chi connectivity index (χ3n) is 3.40. The molecule has 0 aliphatic heterocycles. The van der Waals surface area contributed by atoms with Crippen LogP contribution in [0.15, 0.2) is 28.1 Å². The van der Waals surface area contributed by atoms with E-state index in [1.807, 2.05) is 28.3 Å². The molecule has 0 atom stereocenters. The third-order valence-corrected chi connectivity index (χ3v) is 4.28. The highest BCUT2D eigenvalue weighted by molar-refractivity contribution is 7.13. The summed E-state index contributed by atoms with van der Waals surface area (Å²) in [5, 5.41) is 14.2. The molecule has 0 bridgehead atoms. The molecule has 6 nitrogen and oxygen atoms in total. The van der Waals surface area contributed by atoms with E-state index in [1.54, 1.807) is 11.3 Å². The average molecular weight is 287 g/mol. The van der Waals surface area contributed by atoms with Gasteiger partial charge < -0.3 is 10.3 Å². The highest BCUT2D eigenvalue weighted by Gasteiger charge is 2.30. The Balaban J connectivity index is 1.60. The van der Waals surface area contributed by atoms with Crippen molar-refractivity contribution >= 4 is 17.2 Å². The molecule has 0 spiro atoms. The summed E-state index contributed by atoms with van der Waals surface area (Å²) in [5.74, 6) is 1.83. The molecule has 7 heteroatoms. The number of nitrogen functional groups attached to an aromatic ring is 1. The maximum Gasteiger partial charge on any atom is 0.177 e. The van der Waals surface area contributed by atoms with Crippen LogP contribution < -0.4 is 5.73 Å². The molecule has 3 aromatic heterocycles. The first-order chi connectivity index (χ1) is 9.81. The summed E-state index contributed by atoms with van der Waals surface area (Å²) in [7, 11) is 0. The van der Waals surface area contributed by atoms with E-state index in [4.69, 9.17) is 10.3 Å². The van der Waals surface area contributed by atoms with Crippen molar-refractivity contribution in [3.8, 4) is 10.6 Å². The first-order valence-electron chi connectivity index (χ1n) is 6.49. The van der Waals surface area contributed by atoms with Crippen molar-refractivity contribution in [1.29, 1.82) is 0 Å². The summed E-state index contributed by atoms with van der Waals surface area (Å²) >= 11 is 1.63. The molecule has 0 radical (unpaired) electrons. The fourth-order valence-corrected chi connectivity index (χ4v) is 2.98. The Hall–Kier alpha value is -2.15. The molecule has 102 valence electrons. The second kappa shape index (κ2) is 4.45. The second-order valence-corrected chi connectivity index (χ2v) is 5.90. The highest BCUT2D eigenvalue weighted by Crippen LogP contribution is 2.42. The van der Waals surface area contributed by atoms with Gasteiger partial charge in [0, 0.05) is 12.0 Å². The molecule has 1 fully saturated rings. The number of nitrogens with two attached hydrogens (primary N) is 1. The molecule has 3 heterocycles. The normalized spacial score (nSPS) is 14.8. The van der Waals surface area contributed by atoms with Crippen LogP contribution in [0.1, 0.15) is 30.1 Å². The molecule has 1 saturated carbocycles. The van der Waals surface area contributed by atoms with E-state index in [0.29, 0.717) is 18.3 Å². The van der Waals surface area contributed by atoms with Crippen LogP contribution in [0.2, 0.25) is 0 Å². The van der Waals surface area contributed by atoms with Gasteiger partial charge in [-0.1, -0.05) is 16.4 Å². The van der Waals surface area contributed by atoms with Crippen molar-refractivity contribution in [2.45, 2.75) is 25.3 Å². The van der Waals surface area contributed by atoms with Gasteiger partial charge in [-0.25, -0.2) is 4.68 Å². The Morgan fingerprint density at radius 2 is 2.35 bits per heavy atom. The van der Waals surface area contributed by atoms with Gasteiger partial charge in [0.05, 0.1) is 17.1 Å². The van der Waals surface area contributed by atoms with Crippen LogP contribution in [0.4, 0.5) is 5.82 Å². The molecule has 2 N–H and O–H groups in total. The Morgan fingerprint density at radius 1 is 1.45 bits per heavy atom. The van der Waals surface area contributed by atoms with Gasteiger partial charge >= 0.3 is 0 Å². The van der Waals surface area contributed by atoms with Gasteiger partial charge in [-0.05, 0) is 24.3 Å². The minimum absolute atomic E-state index is 0.508. The van der Waals surface area contributed by atoms with E-state index >= 15 is 0 Å². The van der Waals surface area contributed by atoms with Crippen molar-refractivity contribution in [3.05, 3.63) is 35.0 Å². The van der Waals surface area contributed by atoms with Crippen molar-refractivity contribution < 1.29 is 4.52 Å². The van der Waals surface area contributed by atoms with Crippen LogP contribution in [0.5, 0.6) is 0 Å². The Kier molecular flexibility index (Phi) is 2.59. The van der Waals surface area contributed by atoms with Crippen LogP contribution in [-0.2, 0) is 6.54 Å². The van der Waals surface area contributed by atoms with Crippen LogP contribution in [0.25, 0.3) is 10.6 Å². The predicted molar refractivity (Wildman–Crippen MR) is 75.3 cm³/mol. The summed E-state index contributed by atoms with van der Waals surface area (Å²) in [6, 6.07) is 5.95. The van der Waals surface area contributed by atoms with E-state index in [-0.39, 0.29) is 0 Å². The Morgan fingerprint density at radius 3 is 3.10 bits per heavy atom. The van der Waals surface area contributed by atoms with E-state index in [1.165, 1.54) is 0 Å². The molecule has 20 heavy (non-hydrogen) atoms. The quantitative estimate of drug-likeness (QED) is 0.797. The molecule has 1 aliphatic rings. The molecule has 4 rings (SSSR count). The van der Waals surface area contributed by atoms with Gasteiger partial charge in [0.2, 0.25) is 0 Å². The molecular weight excluding hydrogens is 274 g/mol. The molecular formula is C13H13N5OS. The van der Waals surface area contributed by atoms with E-state index in [0.717, 1.165) is 34.9 Å². The van der Waals surface area contributed by atoms with Gasteiger partial charge in [-0.2, -0.15) is 0 Å². The number of rotatable bonds is 4. The van der Waals surface area contributed by atoms with Crippen molar-refractivity contribution in [2.75, 3.05) is 5.73 Å². The lowest BCUT2D eigenvalue weighted by Gasteiger charge is -2.02. The summed E-state index contributed by atoms with van der Waals surface area (Å²) in [6.07, 6.45) is 2.33. The zero-order valence-electron chi connectivity index (χ0n) is 10.7. The summed E-state index contributed by atoms with van der Waals surface area (Å²) in [4.78, 5) is 1.07. The monoisotopic (exact) mass is 287 g/mol. The van der Waals surface area contributed by atoms with Gasteiger partial charge in [-0.3, -0.25) is 0 Å².